The number of nitrogens with one attached hydrogen (secondary N) is 2. The molecule has 0 fully saturated rings. The predicted molar refractivity (Wildman–Crippen MR) is 66.2 cm³/mol. The summed E-state index contributed by atoms with van der Waals surface area (Å²) in [4.78, 5) is 18.8. The van der Waals surface area contributed by atoms with Crippen LogP contribution >= 0.6 is 0 Å². The van der Waals surface area contributed by atoms with Crippen LogP contribution in [0.2, 0.25) is 0 Å². The van der Waals surface area contributed by atoms with Crippen molar-refractivity contribution in [1.29, 1.82) is 0 Å². The zero-order valence-corrected chi connectivity index (χ0v) is 10.3. The average molecular weight is 238 g/mol. The molecule has 94 valence electrons. The van der Waals surface area contributed by atoms with Gasteiger partial charge in [0, 0.05) is 12.6 Å². The Labute approximate surface area is 100 Å². The van der Waals surface area contributed by atoms with Crippen LogP contribution in [0.15, 0.2) is 6.07 Å². The molecule has 1 rings (SSSR count). The number of nitrogens with zero attached hydrogens (tertiary/aromatic N) is 2. The summed E-state index contributed by atoms with van der Waals surface area (Å²) >= 11 is 0. The second-order valence-corrected chi connectivity index (χ2v) is 4.21. The molecule has 3 N–H and O–H groups in total. The average Bonchev–Trinajstić information content (AvgIpc) is 2.23. The van der Waals surface area contributed by atoms with Gasteiger partial charge in [0.25, 0.3) is 0 Å². The SMILES string of the molecule is Cc1nc(NCC(=O)O)cc(NCC(C)C)n1. The number of rotatable bonds is 6. The van der Waals surface area contributed by atoms with Gasteiger partial charge in [0.05, 0.1) is 0 Å². The van der Waals surface area contributed by atoms with Gasteiger partial charge >= 0.3 is 5.97 Å². The molecule has 0 saturated carbocycles. The van der Waals surface area contributed by atoms with E-state index in [1.807, 2.05) is 0 Å². The Hall–Kier alpha value is -1.85. The lowest BCUT2D eigenvalue weighted by atomic mass is 10.2. The molecule has 0 aliphatic carbocycles. The molecular formula is C11H18N4O2. The molecule has 0 radical (unpaired) electrons. The molecule has 17 heavy (non-hydrogen) atoms. The highest BCUT2D eigenvalue weighted by atomic mass is 16.4. The van der Waals surface area contributed by atoms with E-state index < -0.39 is 5.97 Å². The third-order valence-corrected chi connectivity index (χ3v) is 1.95. The summed E-state index contributed by atoms with van der Waals surface area (Å²) in [5.74, 6) is 1.43. The summed E-state index contributed by atoms with van der Waals surface area (Å²) in [5, 5.41) is 14.5. The van der Waals surface area contributed by atoms with E-state index in [2.05, 4.69) is 34.4 Å². The summed E-state index contributed by atoms with van der Waals surface area (Å²) in [7, 11) is 0. The van der Waals surface area contributed by atoms with Crippen molar-refractivity contribution in [2.75, 3.05) is 23.7 Å². The predicted octanol–water partition coefficient (Wildman–Crippen LogP) is 1.35. The lowest BCUT2D eigenvalue weighted by Crippen LogP contribution is -2.15. The van der Waals surface area contributed by atoms with Gasteiger partial charge in [-0.25, -0.2) is 9.97 Å². The maximum atomic E-state index is 10.4. The van der Waals surface area contributed by atoms with Crippen molar-refractivity contribution in [3.8, 4) is 0 Å². The Morgan fingerprint density at radius 1 is 1.35 bits per heavy atom. The van der Waals surface area contributed by atoms with Crippen molar-refractivity contribution in [2.24, 2.45) is 5.92 Å². The molecule has 0 aromatic carbocycles. The number of hydrogen-bond donors (Lipinski definition) is 3. The molecule has 0 unspecified atom stereocenters. The number of hydrogen-bond acceptors (Lipinski definition) is 5. The van der Waals surface area contributed by atoms with Gasteiger partial charge in [-0.2, -0.15) is 0 Å². The molecule has 6 heteroatoms. The van der Waals surface area contributed by atoms with Crippen LogP contribution in [-0.4, -0.2) is 34.1 Å². The fourth-order valence-corrected chi connectivity index (χ4v) is 1.22. The third-order valence-electron chi connectivity index (χ3n) is 1.95. The number of aliphatic carboxylic acids is 1. The van der Waals surface area contributed by atoms with Crippen molar-refractivity contribution in [2.45, 2.75) is 20.8 Å². The minimum atomic E-state index is -0.919. The molecular weight excluding hydrogens is 220 g/mol. The van der Waals surface area contributed by atoms with Crippen LogP contribution < -0.4 is 10.6 Å². The van der Waals surface area contributed by atoms with Gasteiger partial charge in [-0.15, -0.1) is 0 Å². The first kappa shape index (κ1) is 13.2. The van der Waals surface area contributed by atoms with Gasteiger partial charge in [-0.05, 0) is 12.8 Å². The molecule has 0 spiro atoms. The van der Waals surface area contributed by atoms with Crippen LogP contribution in [0.1, 0.15) is 19.7 Å². The third kappa shape index (κ3) is 5.14. The van der Waals surface area contributed by atoms with E-state index in [1.54, 1.807) is 13.0 Å². The highest BCUT2D eigenvalue weighted by Crippen LogP contribution is 2.11. The summed E-state index contributed by atoms with van der Waals surface area (Å²) in [5.41, 5.74) is 0. The first-order chi connectivity index (χ1) is 7.97. The molecule has 0 atom stereocenters. The molecule has 6 nitrogen and oxygen atoms in total. The topological polar surface area (TPSA) is 87.1 Å². The Balaban J connectivity index is 2.68. The smallest absolute Gasteiger partial charge is 0.322 e. The zero-order valence-electron chi connectivity index (χ0n) is 10.3. The first-order valence-electron chi connectivity index (χ1n) is 5.52. The lowest BCUT2D eigenvalue weighted by Gasteiger charge is -2.10. The molecule has 0 saturated heterocycles. The number of aromatic nitrogens is 2. The van der Waals surface area contributed by atoms with Crippen LogP contribution in [0, 0.1) is 12.8 Å². The van der Waals surface area contributed by atoms with Crippen LogP contribution in [0.25, 0.3) is 0 Å². The van der Waals surface area contributed by atoms with Crippen molar-refractivity contribution in [1.82, 2.24) is 9.97 Å². The number of carboxylic acids is 1. The number of carbonyl (C=O) groups is 1. The van der Waals surface area contributed by atoms with Gasteiger partial charge in [-0.1, -0.05) is 13.8 Å². The summed E-state index contributed by atoms with van der Waals surface area (Å²) in [6.07, 6.45) is 0. The minimum absolute atomic E-state index is 0.153. The highest BCUT2D eigenvalue weighted by molar-refractivity contribution is 5.72. The van der Waals surface area contributed by atoms with Gasteiger partial charge in [0.15, 0.2) is 0 Å². The lowest BCUT2D eigenvalue weighted by molar-refractivity contribution is -0.134. The van der Waals surface area contributed by atoms with E-state index in [1.165, 1.54) is 0 Å². The van der Waals surface area contributed by atoms with E-state index in [9.17, 15) is 4.79 Å². The largest absolute Gasteiger partial charge is 0.480 e. The van der Waals surface area contributed by atoms with E-state index >= 15 is 0 Å². The number of aryl methyl sites for hydroxylation is 1. The van der Waals surface area contributed by atoms with E-state index in [0.29, 0.717) is 23.4 Å². The highest BCUT2D eigenvalue weighted by Gasteiger charge is 2.03. The zero-order chi connectivity index (χ0) is 12.8. The second-order valence-electron chi connectivity index (χ2n) is 4.21. The maximum absolute atomic E-state index is 10.4. The van der Waals surface area contributed by atoms with E-state index in [4.69, 9.17) is 5.11 Å². The maximum Gasteiger partial charge on any atom is 0.322 e. The standard InChI is InChI=1S/C11H18N4O2/c1-7(2)5-12-9-4-10(13-6-11(16)17)15-8(3)14-9/h4,7H,5-6H2,1-3H3,(H,16,17)(H2,12,13,14,15). The van der Waals surface area contributed by atoms with E-state index in [0.717, 1.165) is 6.54 Å². The molecule has 1 aromatic heterocycles. The molecule has 1 heterocycles. The Morgan fingerprint density at radius 2 is 1.94 bits per heavy atom. The monoisotopic (exact) mass is 238 g/mol. The van der Waals surface area contributed by atoms with Gasteiger partial charge in [0.1, 0.15) is 24.0 Å². The van der Waals surface area contributed by atoms with E-state index in [-0.39, 0.29) is 6.54 Å². The Kier molecular flexibility index (Phi) is 4.68. The minimum Gasteiger partial charge on any atom is -0.480 e. The Morgan fingerprint density at radius 3 is 2.47 bits per heavy atom. The summed E-state index contributed by atoms with van der Waals surface area (Å²) in [6, 6.07) is 1.71. The number of carboxylic acid groups (broad SMARTS) is 1. The normalized spacial score (nSPS) is 10.4. The summed E-state index contributed by atoms with van der Waals surface area (Å²) in [6.45, 7) is 6.64. The fraction of sp³-hybridized carbons (Fsp3) is 0.545. The van der Waals surface area contributed by atoms with Crippen molar-refractivity contribution < 1.29 is 9.90 Å². The quantitative estimate of drug-likeness (QED) is 0.693. The van der Waals surface area contributed by atoms with Crippen molar-refractivity contribution in [3.05, 3.63) is 11.9 Å². The molecule has 0 aliphatic rings. The van der Waals surface area contributed by atoms with Crippen LogP contribution in [0.4, 0.5) is 11.6 Å². The first-order valence-corrected chi connectivity index (χ1v) is 5.52. The van der Waals surface area contributed by atoms with Crippen LogP contribution in [0.5, 0.6) is 0 Å². The van der Waals surface area contributed by atoms with Gasteiger partial charge in [0.2, 0.25) is 0 Å². The second kappa shape index (κ2) is 6.03. The van der Waals surface area contributed by atoms with Gasteiger partial charge < -0.3 is 15.7 Å². The molecule has 0 amide bonds. The molecule has 1 aromatic rings. The van der Waals surface area contributed by atoms with Crippen molar-refractivity contribution >= 4 is 17.6 Å². The van der Waals surface area contributed by atoms with Crippen LogP contribution in [0.3, 0.4) is 0 Å². The summed E-state index contributed by atoms with van der Waals surface area (Å²) < 4.78 is 0. The van der Waals surface area contributed by atoms with Crippen LogP contribution in [-0.2, 0) is 4.79 Å². The molecule has 0 bridgehead atoms. The number of anilines is 2. The molecule has 0 aliphatic heterocycles. The fourth-order valence-electron chi connectivity index (χ4n) is 1.22. The Bertz CT molecular complexity index is 393. The van der Waals surface area contributed by atoms with Gasteiger partial charge in [-0.3, -0.25) is 4.79 Å². The van der Waals surface area contributed by atoms with Crippen molar-refractivity contribution in [3.63, 3.8) is 0 Å².